The maximum Gasteiger partial charge on any atom is 0.242 e. The largest absolute Gasteiger partial charge is 0.394 e. The van der Waals surface area contributed by atoms with Crippen molar-refractivity contribution in [3.8, 4) is 0 Å². The molecule has 2 aliphatic rings. The van der Waals surface area contributed by atoms with Gasteiger partial charge >= 0.3 is 0 Å². The summed E-state index contributed by atoms with van der Waals surface area (Å²) in [5, 5.41) is 9.32. The topological polar surface area (TPSA) is 53.0 Å². The Labute approximate surface area is 102 Å². The second kappa shape index (κ2) is 5.80. The highest BCUT2D eigenvalue weighted by Gasteiger charge is 2.31. The van der Waals surface area contributed by atoms with Gasteiger partial charge in [-0.25, -0.2) is 0 Å². The zero-order valence-corrected chi connectivity index (χ0v) is 10.5. The molecule has 2 unspecified atom stereocenters. The number of amides is 1. The highest BCUT2D eigenvalue weighted by Crippen LogP contribution is 2.16. The van der Waals surface area contributed by atoms with Crippen molar-refractivity contribution in [1.29, 1.82) is 0 Å². The molecule has 2 fully saturated rings. The highest BCUT2D eigenvalue weighted by atomic mass is 16.5. The number of likely N-dealkylation sites (N-methyl/N-ethyl adjacent to an activating group) is 1. The number of aliphatic hydroxyl groups is 1. The first kappa shape index (κ1) is 12.8. The van der Waals surface area contributed by atoms with Crippen LogP contribution in [0.25, 0.3) is 0 Å². The summed E-state index contributed by atoms with van der Waals surface area (Å²) in [5.41, 5.74) is 0. The molecule has 1 amide bonds. The molecule has 0 aliphatic carbocycles. The minimum atomic E-state index is -0.376. The van der Waals surface area contributed by atoms with Gasteiger partial charge < -0.3 is 14.7 Å². The van der Waals surface area contributed by atoms with Crippen molar-refractivity contribution in [2.75, 3.05) is 39.9 Å². The third-order valence-electron chi connectivity index (χ3n) is 3.69. The third-order valence-corrected chi connectivity index (χ3v) is 3.69. The Kier molecular flexibility index (Phi) is 4.36. The molecule has 2 atom stereocenters. The van der Waals surface area contributed by atoms with Crippen molar-refractivity contribution in [3.05, 3.63) is 0 Å². The average Bonchev–Trinajstić information content (AvgIpc) is 2.76. The van der Waals surface area contributed by atoms with Crippen molar-refractivity contribution in [1.82, 2.24) is 9.80 Å². The van der Waals surface area contributed by atoms with Gasteiger partial charge in [0.05, 0.1) is 12.7 Å². The molecule has 2 aliphatic heterocycles. The van der Waals surface area contributed by atoms with Crippen molar-refractivity contribution in [3.63, 3.8) is 0 Å². The quantitative estimate of drug-likeness (QED) is 0.737. The maximum absolute atomic E-state index is 12.2. The second-order valence-electron chi connectivity index (χ2n) is 4.95. The molecule has 0 bridgehead atoms. The molecule has 0 spiro atoms. The molecule has 0 aromatic heterocycles. The predicted molar refractivity (Wildman–Crippen MR) is 63.7 cm³/mol. The lowest BCUT2D eigenvalue weighted by molar-refractivity contribution is -0.137. The summed E-state index contributed by atoms with van der Waals surface area (Å²) >= 11 is 0. The fraction of sp³-hybridized carbons (Fsp3) is 0.917. The smallest absolute Gasteiger partial charge is 0.242 e. The molecule has 0 radical (unpaired) electrons. The first-order valence-corrected chi connectivity index (χ1v) is 6.44. The first-order chi connectivity index (χ1) is 8.22. The van der Waals surface area contributed by atoms with Crippen LogP contribution in [0.4, 0.5) is 0 Å². The number of aliphatic hydroxyl groups excluding tert-OH is 1. The van der Waals surface area contributed by atoms with Crippen LogP contribution in [0.5, 0.6) is 0 Å². The van der Waals surface area contributed by atoms with Gasteiger partial charge in [-0.2, -0.15) is 0 Å². The zero-order chi connectivity index (χ0) is 12.3. The average molecular weight is 242 g/mol. The van der Waals surface area contributed by atoms with E-state index in [1.54, 1.807) is 0 Å². The Bertz CT molecular complexity index is 266. The van der Waals surface area contributed by atoms with Crippen LogP contribution in [0.2, 0.25) is 0 Å². The van der Waals surface area contributed by atoms with Crippen molar-refractivity contribution < 1.29 is 14.6 Å². The number of carbonyl (C=O) groups is 1. The van der Waals surface area contributed by atoms with Crippen LogP contribution < -0.4 is 0 Å². The zero-order valence-electron chi connectivity index (χ0n) is 10.5. The Morgan fingerprint density at radius 1 is 1.41 bits per heavy atom. The molecule has 0 saturated carbocycles. The first-order valence-electron chi connectivity index (χ1n) is 6.44. The number of nitrogens with zero attached hydrogens (tertiary/aromatic N) is 2. The lowest BCUT2D eigenvalue weighted by atomic mass is 10.2. The number of ether oxygens (including phenoxy) is 1. The van der Waals surface area contributed by atoms with E-state index in [-0.39, 0.29) is 24.7 Å². The van der Waals surface area contributed by atoms with E-state index in [1.165, 1.54) is 0 Å². The van der Waals surface area contributed by atoms with Crippen molar-refractivity contribution >= 4 is 5.91 Å². The molecule has 98 valence electrons. The van der Waals surface area contributed by atoms with Gasteiger partial charge in [0.15, 0.2) is 0 Å². The Balaban J connectivity index is 1.97. The summed E-state index contributed by atoms with van der Waals surface area (Å²) < 4.78 is 5.57. The molecule has 5 heteroatoms. The summed E-state index contributed by atoms with van der Waals surface area (Å²) in [6.07, 6.45) is 3.30. The second-order valence-corrected chi connectivity index (χ2v) is 4.95. The van der Waals surface area contributed by atoms with Gasteiger partial charge in [0.2, 0.25) is 5.91 Å². The van der Waals surface area contributed by atoms with Crippen LogP contribution in [0.1, 0.15) is 19.3 Å². The van der Waals surface area contributed by atoms with Gasteiger partial charge in [-0.05, 0) is 26.3 Å². The van der Waals surface area contributed by atoms with E-state index in [1.807, 2.05) is 16.8 Å². The van der Waals surface area contributed by atoms with Gasteiger partial charge in [-0.3, -0.25) is 9.69 Å². The molecule has 0 aromatic carbocycles. The summed E-state index contributed by atoms with van der Waals surface area (Å²) in [7, 11) is 1.90. The fourth-order valence-corrected chi connectivity index (χ4v) is 2.61. The van der Waals surface area contributed by atoms with E-state index < -0.39 is 0 Å². The summed E-state index contributed by atoms with van der Waals surface area (Å²) in [5.74, 6) is 0.0444. The van der Waals surface area contributed by atoms with Crippen LogP contribution in [-0.4, -0.2) is 72.9 Å². The molecular formula is C12H22N2O3. The molecule has 17 heavy (non-hydrogen) atoms. The number of hydrogen-bond acceptors (Lipinski definition) is 4. The lowest BCUT2D eigenvalue weighted by Gasteiger charge is -2.28. The van der Waals surface area contributed by atoms with Crippen LogP contribution >= 0.6 is 0 Å². The van der Waals surface area contributed by atoms with Gasteiger partial charge in [-0.15, -0.1) is 0 Å². The van der Waals surface area contributed by atoms with E-state index in [2.05, 4.69) is 0 Å². The Morgan fingerprint density at radius 3 is 2.88 bits per heavy atom. The molecule has 2 saturated heterocycles. The molecular weight excluding hydrogens is 220 g/mol. The van der Waals surface area contributed by atoms with Gasteiger partial charge in [0, 0.05) is 26.2 Å². The van der Waals surface area contributed by atoms with Crippen molar-refractivity contribution in [2.24, 2.45) is 0 Å². The third kappa shape index (κ3) is 2.97. The van der Waals surface area contributed by atoms with Gasteiger partial charge in [0.1, 0.15) is 6.04 Å². The summed E-state index contributed by atoms with van der Waals surface area (Å²) in [6.45, 7) is 3.04. The predicted octanol–water partition coefficient (Wildman–Crippen LogP) is -0.310. The van der Waals surface area contributed by atoms with E-state index >= 15 is 0 Å². The van der Waals surface area contributed by atoms with Gasteiger partial charge in [0.25, 0.3) is 0 Å². The summed E-state index contributed by atoms with van der Waals surface area (Å²) in [4.78, 5) is 16.0. The van der Waals surface area contributed by atoms with E-state index in [0.717, 1.165) is 39.0 Å². The standard InChI is InChI=1S/C12H22N2O3/c1-13-5-3-6-14(12(16)11(13)9-15)8-10-4-2-7-17-10/h10-11,15H,2-9H2,1H3. The van der Waals surface area contributed by atoms with Crippen molar-refractivity contribution in [2.45, 2.75) is 31.4 Å². The highest BCUT2D eigenvalue weighted by molar-refractivity contribution is 5.82. The molecule has 2 heterocycles. The van der Waals surface area contributed by atoms with E-state index in [9.17, 15) is 9.90 Å². The molecule has 1 N–H and O–H groups in total. The van der Waals surface area contributed by atoms with Crippen LogP contribution in [-0.2, 0) is 9.53 Å². The molecule has 5 nitrogen and oxygen atoms in total. The number of carbonyl (C=O) groups excluding carboxylic acids is 1. The van der Waals surface area contributed by atoms with Crippen LogP contribution in [0.15, 0.2) is 0 Å². The van der Waals surface area contributed by atoms with E-state index in [0.29, 0.717) is 6.54 Å². The minimum Gasteiger partial charge on any atom is -0.394 e. The maximum atomic E-state index is 12.2. The van der Waals surface area contributed by atoms with E-state index in [4.69, 9.17) is 4.74 Å². The number of hydrogen-bond donors (Lipinski definition) is 1. The molecule has 0 aromatic rings. The van der Waals surface area contributed by atoms with Crippen LogP contribution in [0.3, 0.4) is 0 Å². The van der Waals surface area contributed by atoms with Gasteiger partial charge in [-0.1, -0.05) is 0 Å². The Morgan fingerprint density at radius 2 is 2.24 bits per heavy atom. The summed E-state index contributed by atoms with van der Waals surface area (Å²) in [6, 6.07) is -0.376. The normalized spacial score (nSPS) is 31.9. The Hall–Kier alpha value is -0.650. The SMILES string of the molecule is CN1CCCN(CC2CCCO2)C(=O)C1CO. The lowest BCUT2D eigenvalue weighted by Crippen LogP contribution is -2.48. The van der Waals surface area contributed by atoms with Crippen LogP contribution in [0, 0.1) is 0 Å². The number of rotatable bonds is 3. The minimum absolute atomic E-state index is 0.0444. The molecule has 2 rings (SSSR count). The fourth-order valence-electron chi connectivity index (χ4n) is 2.61. The monoisotopic (exact) mass is 242 g/mol.